The Balaban J connectivity index is 2.26. The molecule has 0 spiro atoms. The summed E-state index contributed by atoms with van der Waals surface area (Å²) in [5, 5.41) is 6.00. The summed E-state index contributed by atoms with van der Waals surface area (Å²) in [4.78, 5) is 38.0. The van der Waals surface area contributed by atoms with Gasteiger partial charge in [-0.05, 0) is 58.3 Å². The largest absolute Gasteiger partial charge is 0.461 e. The Hall–Kier alpha value is -2.44. The first-order valence-corrected chi connectivity index (χ1v) is 20.2. The second-order valence-electron chi connectivity index (χ2n) is 14.0. The van der Waals surface area contributed by atoms with Crippen LogP contribution in [0.3, 0.4) is 0 Å². The molecule has 0 aliphatic rings. The number of hydrogen-bond donors (Lipinski definition) is 2. The van der Waals surface area contributed by atoms with Gasteiger partial charge in [-0.1, -0.05) is 116 Å². The van der Waals surface area contributed by atoms with Crippen LogP contribution in [-0.4, -0.2) is 36.5 Å². The first-order valence-electron chi connectivity index (χ1n) is 20.2. The SMILES string of the molecule is CCCCCCCCCCCC(=O)NCCCC[C@H](NC(=O)CCCCCC)C(=O)OC(C)CCCCCCCCC[n+]1ccccc1. The summed E-state index contributed by atoms with van der Waals surface area (Å²) >= 11 is 0. The number of aromatic nitrogens is 1. The number of nitrogens with zero attached hydrogens (tertiary/aromatic N) is 1. The van der Waals surface area contributed by atoms with Crippen molar-refractivity contribution in [3.05, 3.63) is 30.6 Å². The second kappa shape index (κ2) is 31.8. The number of unbranched alkanes of at least 4 members (excludes halogenated alkanes) is 18. The average molecular weight is 673 g/mol. The number of ether oxygens (including phenoxy) is 1. The van der Waals surface area contributed by atoms with Crippen LogP contribution in [0.25, 0.3) is 0 Å². The van der Waals surface area contributed by atoms with Crippen LogP contribution in [0.1, 0.15) is 188 Å². The normalized spacial score (nSPS) is 12.4. The molecule has 2 atom stereocenters. The number of rotatable bonds is 33. The van der Waals surface area contributed by atoms with E-state index in [-0.39, 0.29) is 23.9 Å². The van der Waals surface area contributed by atoms with E-state index in [4.69, 9.17) is 4.74 Å². The molecule has 1 heterocycles. The van der Waals surface area contributed by atoms with Crippen molar-refractivity contribution in [2.45, 2.75) is 206 Å². The average Bonchev–Trinajstić information content (AvgIpc) is 3.08. The third kappa shape index (κ3) is 26.5. The van der Waals surface area contributed by atoms with Gasteiger partial charge in [0.15, 0.2) is 12.4 Å². The molecule has 7 heteroatoms. The molecule has 1 aromatic heterocycles. The molecule has 0 saturated carbocycles. The highest BCUT2D eigenvalue weighted by molar-refractivity contribution is 5.84. The number of carbonyl (C=O) groups excluding carboxylic acids is 3. The quantitative estimate of drug-likeness (QED) is 0.0442. The molecule has 2 N–H and O–H groups in total. The van der Waals surface area contributed by atoms with Crippen LogP contribution in [0, 0.1) is 0 Å². The van der Waals surface area contributed by atoms with Crippen molar-refractivity contribution in [2.24, 2.45) is 0 Å². The highest BCUT2D eigenvalue weighted by Crippen LogP contribution is 2.14. The minimum Gasteiger partial charge on any atom is -0.461 e. The molecule has 2 amide bonds. The fourth-order valence-corrected chi connectivity index (χ4v) is 6.15. The van der Waals surface area contributed by atoms with Crippen molar-refractivity contribution in [1.29, 1.82) is 0 Å². The van der Waals surface area contributed by atoms with Gasteiger partial charge >= 0.3 is 5.97 Å². The first-order chi connectivity index (χ1) is 23.5. The summed E-state index contributed by atoms with van der Waals surface area (Å²) in [6, 6.07) is 5.58. The number of pyridine rings is 1. The zero-order valence-electron chi connectivity index (χ0n) is 31.4. The lowest BCUT2D eigenvalue weighted by Crippen LogP contribution is -2.42. The molecule has 0 fully saturated rings. The van der Waals surface area contributed by atoms with Crippen molar-refractivity contribution in [1.82, 2.24) is 10.6 Å². The van der Waals surface area contributed by atoms with Gasteiger partial charge in [-0.3, -0.25) is 9.59 Å². The van der Waals surface area contributed by atoms with E-state index >= 15 is 0 Å². The topological polar surface area (TPSA) is 88.4 Å². The number of hydrogen-bond acceptors (Lipinski definition) is 4. The number of aryl methyl sites for hydroxylation is 1. The molecule has 7 nitrogen and oxygen atoms in total. The van der Waals surface area contributed by atoms with E-state index in [1.807, 2.05) is 6.92 Å². The molecule has 0 aliphatic carbocycles. The lowest BCUT2D eigenvalue weighted by molar-refractivity contribution is -0.697. The molecule has 48 heavy (non-hydrogen) atoms. The van der Waals surface area contributed by atoms with Crippen molar-refractivity contribution in [3.63, 3.8) is 0 Å². The van der Waals surface area contributed by atoms with Crippen LogP contribution < -0.4 is 15.2 Å². The van der Waals surface area contributed by atoms with Gasteiger partial charge in [-0.15, -0.1) is 0 Å². The predicted octanol–water partition coefficient (Wildman–Crippen LogP) is 9.69. The molecule has 276 valence electrons. The standard InChI is InChI=1S/C41H73N3O4/c1-4-6-8-10-11-12-15-18-23-31-39(45)42-33-25-24-30-38(43-40(46)32-22-9-7-5-2)41(47)48-37(3)29-21-17-14-13-16-19-26-34-44-35-27-20-28-36-44/h20,27-28,35-38H,4-19,21-26,29-34H2,1-3H3,(H-,42,43,45,46)/p+1/t37?,38-/m0/s1. The lowest BCUT2D eigenvalue weighted by Gasteiger charge is -2.21. The Morgan fingerprint density at radius 2 is 1.08 bits per heavy atom. The van der Waals surface area contributed by atoms with Crippen LogP contribution in [0.2, 0.25) is 0 Å². The molecule has 0 saturated heterocycles. The predicted molar refractivity (Wildman–Crippen MR) is 199 cm³/mol. The molecule has 0 aliphatic heterocycles. The van der Waals surface area contributed by atoms with Crippen LogP contribution in [0.5, 0.6) is 0 Å². The molecule has 0 bridgehead atoms. The monoisotopic (exact) mass is 673 g/mol. The summed E-state index contributed by atoms with van der Waals surface area (Å²) in [6.07, 6.45) is 31.7. The van der Waals surface area contributed by atoms with Crippen molar-refractivity contribution < 1.29 is 23.7 Å². The van der Waals surface area contributed by atoms with E-state index in [1.165, 1.54) is 77.0 Å². The van der Waals surface area contributed by atoms with Gasteiger partial charge in [0.1, 0.15) is 12.6 Å². The lowest BCUT2D eigenvalue weighted by atomic mass is 10.1. The highest BCUT2D eigenvalue weighted by atomic mass is 16.5. The van der Waals surface area contributed by atoms with Crippen molar-refractivity contribution in [3.8, 4) is 0 Å². The summed E-state index contributed by atoms with van der Waals surface area (Å²) in [5.41, 5.74) is 0. The van der Waals surface area contributed by atoms with Crippen molar-refractivity contribution in [2.75, 3.05) is 6.54 Å². The zero-order chi connectivity index (χ0) is 34.9. The van der Waals surface area contributed by atoms with Gasteiger partial charge in [0, 0.05) is 37.9 Å². The van der Waals surface area contributed by atoms with Gasteiger partial charge in [0.05, 0.1) is 6.10 Å². The Morgan fingerprint density at radius 1 is 0.583 bits per heavy atom. The van der Waals surface area contributed by atoms with Crippen LogP contribution in [0.4, 0.5) is 0 Å². The first kappa shape index (κ1) is 43.6. The van der Waals surface area contributed by atoms with E-state index in [1.54, 1.807) is 0 Å². The summed E-state index contributed by atoms with van der Waals surface area (Å²) in [5.74, 6) is -0.280. The van der Waals surface area contributed by atoms with Crippen LogP contribution in [0.15, 0.2) is 30.6 Å². The van der Waals surface area contributed by atoms with E-state index in [0.29, 0.717) is 25.8 Å². The highest BCUT2D eigenvalue weighted by Gasteiger charge is 2.23. The summed E-state index contributed by atoms with van der Waals surface area (Å²) in [7, 11) is 0. The maximum Gasteiger partial charge on any atom is 0.328 e. The summed E-state index contributed by atoms with van der Waals surface area (Å²) < 4.78 is 8.07. The molecule has 1 unspecified atom stereocenters. The van der Waals surface area contributed by atoms with Gasteiger partial charge in [0.2, 0.25) is 11.8 Å². The van der Waals surface area contributed by atoms with Gasteiger partial charge in [-0.2, -0.15) is 0 Å². The number of nitrogens with one attached hydrogen (secondary N) is 2. The third-order valence-corrected chi connectivity index (χ3v) is 9.25. The van der Waals surface area contributed by atoms with E-state index in [2.05, 4.69) is 59.6 Å². The smallest absolute Gasteiger partial charge is 0.328 e. The molecular weight excluding hydrogens is 598 g/mol. The van der Waals surface area contributed by atoms with E-state index < -0.39 is 6.04 Å². The minimum atomic E-state index is -0.627. The van der Waals surface area contributed by atoms with E-state index in [9.17, 15) is 14.4 Å². The minimum absolute atomic E-state index is 0.0719. The molecule has 0 aromatic carbocycles. The zero-order valence-corrected chi connectivity index (χ0v) is 31.4. The fraction of sp³-hybridized carbons (Fsp3) is 0.805. The second-order valence-corrected chi connectivity index (χ2v) is 14.0. The van der Waals surface area contributed by atoms with Gasteiger partial charge in [0.25, 0.3) is 0 Å². The maximum absolute atomic E-state index is 13.1. The Morgan fingerprint density at radius 3 is 1.71 bits per heavy atom. The molecule has 1 rings (SSSR count). The molecule has 0 radical (unpaired) electrons. The Labute approximate surface area is 295 Å². The Kier molecular flexibility index (Phi) is 28.9. The van der Waals surface area contributed by atoms with Gasteiger partial charge < -0.3 is 15.4 Å². The number of carbonyl (C=O) groups is 3. The number of esters is 1. The molecule has 1 aromatic rings. The maximum atomic E-state index is 13.1. The van der Waals surface area contributed by atoms with Crippen LogP contribution in [-0.2, 0) is 25.7 Å². The number of amides is 2. The van der Waals surface area contributed by atoms with Crippen molar-refractivity contribution >= 4 is 17.8 Å². The fourth-order valence-electron chi connectivity index (χ4n) is 6.15. The van der Waals surface area contributed by atoms with Crippen LogP contribution >= 0.6 is 0 Å². The molecular formula is C41H74N3O4+. The summed E-state index contributed by atoms with van der Waals surface area (Å²) in [6.45, 7) is 8.05. The third-order valence-electron chi connectivity index (χ3n) is 9.25. The van der Waals surface area contributed by atoms with Gasteiger partial charge in [-0.25, -0.2) is 9.36 Å². The van der Waals surface area contributed by atoms with E-state index in [0.717, 1.165) is 77.2 Å². The Bertz CT molecular complexity index is 910.